The van der Waals surface area contributed by atoms with Crippen LogP contribution in [-0.4, -0.2) is 0 Å². The number of hydrogen-bond donors (Lipinski definition) is 0. The highest BCUT2D eigenvalue weighted by Crippen LogP contribution is 2.52. The largest absolute Gasteiger partial charge is 0.0622 e. The number of fused-ring (bicyclic) bond motifs is 8. The van der Waals surface area contributed by atoms with Crippen LogP contribution in [0.1, 0.15) is 0 Å². The third-order valence-corrected chi connectivity index (χ3v) is 18.9. The minimum atomic E-state index is 1.22. The van der Waals surface area contributed by atoms with Gasteiger partial charge in [-0.3, -0.25) is 0 Å². The molecule has 0 aliphatic rings. The summed E-state index contributed by atoms with van der Waals surface area (Å²) in [4.78, 5) is 0. The Labute approximate surface area is 535 Å². The third-order valence-electron chi connectivity index (χ3n) is 18.9. The fourth-order valence-corrected chi connectivity index (χ4v) is 15.0. The van der Waals surface area contributed by atoms with Crippen LogP contribution in [0.25, 0.3) is 175 Å². The summed E-state index contributed by atoms with van der Waals surface area (Å²) in [7, 11) is 0. The maximum atomic E-state index is 2.32. The van der Waals surface area contributed by atoms with E-state index < -0.39 is 0 Å². The quantitative estimate of drug-likeness (QED) is 0.133. The molecule has 0 saturated heterocycles. The lowest BCUT2D eigenvalue weighted by atomic mass is 9.81. The van der Waals surface area contributed by atoms with Crippen molar-refractivity contribution in [2.75, 3.05) is 0 Å². The molecule has 18 aromatic carbocycles. The van der Waals surface area contributed by atoms with Crippen LogP contribution in [0.4, 0.5) is 0 Å². The molecule has 18 aromatic rings. The number of hydrogen-bond acceptors (Lipinski definition) is 0. The minimum absolute atomic E-state index is 1.22. The van der Waals surface area contributed by atoms with E-state index in [2.05, 4.69) is 364 Å². The van der Waals surface area contributed by atoms with Crippen molar-refractivity contribution in [3.05, 3.63) is 364 Å². The summed E-state index contributed by atoms with van der Waals surface area (Å²) in [5, 5.41) is 20.3. The second-order valence-corrected chi connectivity index (χ2v) is 24.0. The van der Waals surface area contributed by atoms with E-state index in [-0.39, 0.29) is 0 Å². The van der Waals surface area contributed by atoms with Crippen LogP contribution < -0.4 is 0 Å². The summed E-state index contributed by atoms with van der Waals surface area (Å²) in [5.41, 5.74) is 20.2. The monoisotopic (exact) mass is 1160 g/mol. The lowest BCUT2D eigenvalue weighted by Gasteiger charge is -2.22. The van der Waals surface area contributed by atoms with E-state index in [0.29, 0.717) is 0 Å². The Kier molecular flexibility index (Phi) is 13.7. The molecule has 428 valence electrons. The van der Waals surface area contributed by atoms with Crippen molar-refractivity contribution >= 4 is 86.2 Å². The van der Waals surface area contributed by atoms with Gasteiger partial charge in [0, 0.05) is 0 Å². The number of benzene rings is 18. The van der Waals surface area contributed by atoms with Gasteiger partial charge >= 0.3 is 0 Å². The van der Waals surface area contributed by atoms with Crippen LogP contribution in [0.3, 0.4) is 0 Å². The van der Waals surface area contributed by atoms with Crippen LogP contribution >= 0.6 is 0 Å². The van der Waals surface area contributed by atoms with Gasteiger partial charge in [0.05, 0.1) is 0 Å². The maximum Gasteiger partial charge on any atom is -0.00139 e. The van der Waals surface area contributed by atoms with Crippen LogP contribution in [0.5, 0.6) is 0 Å². The van der Waals surface area contributed by atoms with Crippen LogP contribution in [-0.2, 0) is 0 Å². The maximum absolute atomic E-state index is 2.32. The van der Waals surface area contributed by atoms with E-state index in [4.69, 9.17) is 0 Å². The lowest BCUT2D eigenvalue weighted by Crippen LogP contribution is -1.94. The van der Waals surface area contributed by atoms with Crippen LogP contribution in [0.2, 0.25) is 0 Å². The average molecular weight is 1170 g/mol. The van der Waals surface area contributed by atoms with Gasteiger partial charge in [0.2, 0.25) is 0 Å². The van der Waals surface area contributed by atoms with Gasteiger partial charge in [0.1, 0.15) is 0 Å². The molecule has 0 amide bonds. The Bertz CT molecular complexity index is 5220. The molecule has 0 bridgehead atoms. The molecule has 0 heterocycles. The van der Waals surface area contributed by atoms with Gasteiger partial charge in [-0.15, -0.1) is 0 Å². The van der Waals surface area contributed by atoms with Crippen molar-refractivity contribution in [2.24, 2.45) is 0 Å². The number of rotatable bonds is 8. The van der Waals surface area contributed by atoms with Crippen LogP contribution in [0, 0.1) is 0 Å². The van der Waals surface area contributed by atoms with Crippen molar-refractivity contribution < 1.29 is 0 Å². The zero-order valence-electron chi connectivity index (χ0n) is 50.6. The summed E-state index contributed by atoms with van der Waals surface area (Å²) in [6.45, 7) is 0. The Balaban J connectivity index is 0.000000146. The highest BCUT2D eigenvalue weighted by atomic mass is 14.3. The highest BCUT2D eigenvalue weighted by molar-refractivity contribution is 6.32. The molecular weight excluding hydrogens is 1110 g/mol. The van der Waals surface area contributed by atoms with Gasteiger partial charge in [0.15, 0.2) is 0 Å². The molecule has 0 aromatic heterocycles. The molecule has 0 saturated carbocycles. The standard InChI is InChI=1S/C52H34.C40H26/c1-3-15-35(16-4-1)37-27-31-39(32-28-37)49-41-19-7-11-23-45(41)51(46-24-12-8-20-42(46)49)52-47-25-13-9-21-43(47)50(44-22-10-14-26-48(44)52)40-33-29-38(30-34-40)36-17-5-2-6-18-36;1-3-15-27(16-4-1)37-29-19-7-11-23-33(29)39(34-24-12-8-20-30(34)37)40-35-25-13-9-21-31(35)38(28-17-5-2-6-18-28)32-22-10-14-26-36(32)40/h1-34H;1-26H. The molecule has 0 N–H and O–H groups in total. The van der Waals surface area contributed by atoms with E-state index in [1.165, 1.54) is 175 Å². The summed E-state index contributed by atoms with van der Waals surface area (Å²) >= 11 is 0. The highest BCUT2D eigenvalue weighted by Gasteiger charge is 2.25. The predicted molar refractivity (Wildman–Crippen MR) is 396 cm³/mol. The summed E-state index contributed by atoms with van der Waals surface area (Å²) < 4.78 is 0. The molecular formula is C92H60. The van der Waals surface area contributed by atoms with Gasteiger partial charge < -0.3 is 0 Å². The molecule has 0 aliphatic heterocycles. The van der Waals surface area contributed by atoms with Crippen molar-refractivity contribution in [3.63, 3.8) is 0 Å². The van der Waals surface area contributed by atoms with Gasteiger partial charge in [-0.25, -0.2) is 0 Å². The smallest absolute Gasteiger partial charge is 0.00139 e. The van der Waals surface area contributed by atoms with Crippen molar-refractivity contribution in [1.29, 1.82) is 0 Å². The zero-order valence-corrected chi connectivity index (χ0v) is 50.6. The average Bonchev–Trinajstić information content (AvgIpc) is 0.759. The van der Waals surface area contributed by atoms with Crippen molar-refractivity contribution in [1.82, 2.24) is 0 Å². The first-order valence-corrected chi connectivity index (χ1v) is 31.9. The Morgan fingerprint density at radius 1 is 0.0761 bits per heavy atom. The lowest BCUT2D eigenvalue weighted by molar-refractivity contribution is 1.61. The second kappa shape index (κ2) is 23.2. The summed E-state index contributed by atoms with van der Waals surface area (Å²) in [6.07, 6.45) is 0. The second-order valence-electron chi connectivity index (χ2n) is 24.0. The first-order chi connectivity index (χ1) is 45.7. The normalized spacial score (nSPS) is 11.5. The molecule has 0 heteroatoms. The van der Waals surface area contributed by atoms with E-state index in [0.717, 1.165) is 0 Å². The molecule has 0 radical (unpaired) electrons. The molecule has 0 unspecified atom stereocenters. The zero-order chi connectivity index (χ0) is 60.9. The summed E-state index contributed by atoms with van der Waals surface area (Å²) in [5.74, 6) is 0. The molecule has 18 rings (SSSR count). The Morgan fingerprint density at radius 2 is 0.185 bits per heavy atom. The van der Waals surface area contributed by atoms with Gasteiger partial charge in [-0.05, 0) is 175 Å². The van der Waals surface area contributed by atoms with E-state index in [1.807, 2.05) is 0 Å². The molecule has 0 fully saturated rings. The first-order valence-electron chi connectivity index (χ1n) is 31.9. The fourth-order valence-electron chi connectivity index (χ4n) is 15.0. The molecule has 0 aliphatic carbocycles. The Hall–Kier alpha value is -12.0. The van der Waals surface area contributed by atoms with Crippen molar-refractivity contribution in [3.8, 4) is 89.0 Å². The molecule has 0 spiro atoms. The SMILES string of the molecule is c1ccc(-c2c3ccccc3c(-c3c4ccccc4c(-c4ccccc4)c4ccccc34)c3ccccc23)cc1.c1ccc(-c2ccc(-c3c4ccccc4c(-c4c5ccccc5c(-c5ccc(-c6ccccc6)cc5)c5ccccc45)c4ccccc34)cc2)cc1. The van der Waals surface area contributed by atoms with E-state index in [1.54, 1.807) is 0 Å². The Morgan fingerprint density at radius 3 is 0.359 bits per heavy atom. The van der Waals surface area contributed by atoms with Gasteiger partial charge in [-0.2, -0.15) is 0 Å². The molecule has 0 nitrogen and oxygen atoms in total. The minimum Gasteiger partial charge on any atom is -0.0622 e. The van der Waals surface area contributed by atoms with Gasteiger partial charge in [0.25, 0.3) is 0 Å². The summed E-state index contributed by atoms with van der Waals surface area (Å²) in [6, 6.07) is 133. The van der Waals surface area contributed by atoms with Gasteiger partial charge in [-0.1, -0.05) is 364 Å². The molecule has 92 heavy (non-hydrogen) atoms. The fraction of sp³-hybridized carbons (Fsp3) is 0. The van der Waals surface area contributed by atoms with Crippen LogP contribution in [0.15, 0.2) is 364 Å². The van der Waals surface area contributed by atoms with E-state index >= 15 is 0 Å². The third kappa shape index (κ3) is 9.23. The first kappa shape index (κ1) is 54.2. The van der Waals surface area contributed by atoms with Crippen molar-refractivity contribution in [2.45, 2.75) is 0 Å². The molecule has 0 atom stereocenters. The topological polar surface area (TPSA) is 0 Å². The predicted octanol–water partition coefficient (Wildman–Crippen LogP) is 25.9. The van der Waals surface area contributed by atoms with E-state index in [9.17, 15) is 0 Å².